The van der Waals surface area contributed by atoms with E-state index >= 15 is 4.39 Å². The lowest BCUT2D eigenvalue weighted by Gasteiger charge is -2.27. The van der Waals surface area contributed by atoms with Gasteiger partial charge in [0.15, 0.2) is 23.9 Å². The molecule has 5 N–H and O–H groups in total. The van der Waals surface area contributed by atoms with Crippen molar-refractivity contribution in [2.75, 3.05) is 12.3 Å². The van der Waals surface area contributed by atoms with Crippen molar-refractivity contribution in [2.45, 2.75) is 43.6 Å². The van der Waals surface area contributed by atoms with Crippen LogP contribution in [-0.2, 0) is 25.5 Å². The molecule has 0 saturated carbocycles. The predicted octanol–water partition coefficient (Wildman–Crippen LogP) is 2.80. The number of ether oxygens (including phenoxy) is 2. The first-order valence-corrected chi connectivity index (χ1v) is 12.8. The van der Waals surface area contributed by atoms with Crippen molar-refractivity contribution in [2.24, 2.45) is 0 Å². The minimum atomic E-state index is -2.74. The Morgan fingerprint density at radius 3 is 2.32 bits per heavy atom. The number of aliphatic hydroxyl groups excluding tert-OH is 1. The zero-order valence-corrected chi connectivity index (χ0v) is 22.3. The van der Waals surface area contributed by atoms with Crippen molar-refractivity contribution in [1.29, 1.82) is 0 Å². The molecule has 0 aliphatic carbocycles. The maximum atomic E-state index is 15.2. The number of aliphatic carboxylic acids is 2. The molecule has 14 heteroatoms. The summed E-state index contributed by atoms with van der Waals surface area (Å²) in [6.07, 6.45) is -6.08. The van der Waals surface area contributed by atoms with Crippen LogP contribution in [0.1, 0.15) is 17.4 Å². The summed E-state index contributed by atoms with van der Waals surface area (Å²) >= 11 is 5.87. The van der Waals surface area contributed by atoms with Gasteiger partial charge in [-0.05, 0) is 35.2 Å². The number of halogens is 2. The molecule has 12 nitrogen and oxygen atoms in total. The molecular formula is C27H25ClFN5O7. The molecule has 3 heterocycles. The van der Waals surface area contributed by atoms with Crippen LogP contribution < -0.4 is 5.73 Å². The fourth-order valence-corrected chi connectivity index (χ4v) is 4.82. The second kappa shape index (κ2) is 11.0. The Morgan fingerprint density at radius 2 is 1.71 bits per heavy atom. The molecule has 214 valence electrons. The van der Waals surface area contributed by atoms with Gasteiger partial charge < -0.3 is 30.5 Å². The molecule has 1 aliphatic heterocycles. The van der Waals surface area contributed by atoms with E-state index < -0.39 is 55.2 Å². The molecule has 1 saturated heterocycles. The van der Waals surface area contributed by atoms with Gasteiger partial charge in [0, 0.05) is 6.42 Å². The number of carboxylic acid groups (broad SMARTS) is 2. The highest BCUT2D eigenvalue weighted by molar-refractivity contribution is 6.28. The standard InChI is InChI=1S/C27H25ClFN5O7/c1-13-2-6-15(7-3-13)16-8-4-14(5-9-16)10-27(24(36)37,25(38)39)40-11-17-20(35)18(29)23(41-17)34-12-31-19-21(30)32-26(28)33-22(19)34/h2-9,12,17-18,20,23,35H,10-11H2,1H3,(H,36,37)(H,38,39)(H2,30,32,33)/t17-,18+,20-,23-/m1/s1. The quantitative estimate of drug-likeness (QED) is 0.167. The minimum absolute atomic E-state index is 0.0448. The lowest BCUT2D eigenvalue weighted by atomic mass is 9.92. The molecule has 0 unspecified atom stereocenters. The Bertz CT molecular complexity index is 1580. The maximum absolute atomic E-state index is 15.2. The summed E-state index contributed by atoms with van der Waals surface area (Å²) in [5, 5.41) is 30.2. The van der Waals surface area contributed by atoms with Crippen LogP contribution in [0.3, 0.4) is 0 Å². The number of hydrogen-bond acceptors (Lipinski definition) is 9. The van der Waals surface area contributed by atoms with Gasteiger partial charge in [-0.25, -0.2) is 19.0 Å². The predicted molar refractivity (Wildman–Crippen MR) is 144 cm³/mol. The van der Waals surface area contributed by atoms with Crippen LogP contribution in [0.25, 0.3) is 22.3 Å². The molecule has 1 fully saturated rings. The summed E-state index contributed by atoms with van der Waals surface area (Å²) in [4.78, 5) is 36.3. The zero-order chi connectivity index (χ0) is 29.5. The molecule has 0 amide bonds. The van der Waals surface area contributed by atoms with Gasteiger partial charge in [-0.2, -0.15) is 9.97 Å². The third kappa shape index (κ3) is 5.32. The number of carboxylic acids is 2. The van der Waals surface area contributed by atoms with Gasteiger partial charge in [-0.1, -0.05) is 54.1 Å². The number of hydrogen-bond donors (Lipinski definition) is 4. The van der Waals surface area contributed by atoms with Crippen LogP contribution in [0.5, 0.6) is 0 Å². The van der Waals surface area contributed by atoms with Crippen LogP contribution >= 0.6 is 11.6 Å². The first-order chi connectivity index (χ1) is 19.5. The molecule has 2 aromatic heterocycles. The third-order valence-electron chi connectivity index (χ3n) is 6.97. The van der Waals surface area contributed by atoms with E-state index in [-0.39, 0.29) is 22.3 Å². The normalized spacial score (nSPS) is 20.9. The van der Waals surface area contributed by atoms with E-state index in [0.29, 0.717) is 5.56 Å². The number of fused-ring (bicyclic) bond motifs is 1. The largest absolute Gasteiger partial charge is 0.479 e. The highest BCUT2D eigenvalue weighted by Crippen LogP contribution is 2.35. The van der Waals surface area contributed by atoms with Crippen molar-refractivity contribution in [3.05, 3.63) is 71.3 Å². The van der Waals surface area contributed by atoms with Crippen LogP contribution in [-0.4, -0.2) is 77.4 Å². The Labute approximate surface area is 237 Å². The number of alkyl halides is 1. The van der Waals surface area contributed by atoms with E-state index in [0.717, 1.165) is 21.3 Å². The van der Waals surface area contributed by atoms with E-state index in [1.54, 1.807) is 24.3 Å². The molecule has 2 aromatic carbocycles. The smallest absolute Gasteiger partial charge is 0.348 e. The van der Waals surface area contributed by atoms with Gasteiger partial charge in [0.2, 0.25) is 5.28 Å². The van der Waals surface area contributed by atoms with Crippen LogP contribution in [0.15, 0.2) is 54.9 Å². The highest BCUT2D eigenvalue weighted by atomic mass is 35.5. The second-order valence-electron chi connectivity index (χ2n) is 9.69. The van der Waals surface area contributed by atoms with Gasteiger partial charge in [0.25, 0.3) is 5.60 Å². The first-order valence-electron chi connectivity index (χ1n) is 12.4. The van der Waals surface area contributed by atoms with Gasteiger partial charge in [0.05, 0.1) is 12.9 Å². The molecule has 41 heavy (non-hydrogen) atoms. The van der Waals surface area contributed by atoms with Gasteiger partial charge >= 0.3 is 11.9 Å². The van der Waals surface area contributed by atoms with Crippen molar-refractivity contribution in [3.63, 3.8) is 0 Å². The fourth-order valence-electron chi connectivity index (χ4n) is 4.65. The first kappa shape index (κ1) is 28.4. The highest BCUT2D eigenvalue weighted by Gasteiger charge is 2.52. The fraction of sp³-hybridized carbons (Fsp3) is 0.296. The summed E-state index contributed by atoms with van der Waals surface area (Å²) in [5.41, 5.74) is 6.48. The second-order valence-corrected chi connectivity index (χ2v) is 10.0. The molecular weight excluding hydrogens is 561 g/mol. The summed E-state index contributed by atoms with van der Waals surface area (Å²) in [7, 11) is 0. The maximum Gasteiger partial charge on any atom is 0.348 e. The average Bonchev–Trinajstić information content (AvgIpc) is 3.47. The number of carbonyl (C=O) groups is 2. The van der Waals surface area contributed by atoms with Crippen molar-refractivity contribution in [3.8, 4) is 11.1 Å². The van der Waals surface area contributed by atoms with Crippen LogP contribution in [0, 0.1) is 6.92 Å². The summed E-state index contributed by atoms with van der Waals surface area (Å²) < 4.78 is 27.4. The number of anilines is 1. The molecule has 5 rings (SSSR count). The number of rotatable bonds is 9. The third-order valence-corrected chi connectivity index (χ3v) is 7.13. The number of benzene rings is 2. The number of aromatic nitrogens is 4. The number of aliphatic hydroxyl groups is 1. The Morgan fingerprint density at radius 1 is 1.10 bits per heavy atom. The number of aryl methyl sites for hydroxylation is 1. The van der Waals surface area contributed by atoms with Gasteiger partial charge in [0.1, 0.15) is 17.7 Å². The monoisotopic (exact) mass is 585 g/mol. The van der Waals surface area contributed by atoms with Crippen molar-refractivity contribution >= 4 is 40.5 Å². The number of nitrogen functional groups attached to an aromatic ring is 1. The van der Waals surface area contributed by atoms with E-state index in [4.69, 9.17) is 26.8 Å². The van der Waals surface area contributed by atoms with Gasteiger partial charge in [-0.15, -0.1) is 0 Å². The Hall–Kier alpha value is -4.17. The molecule has 4 aromatic rings. The van der Waals surface area contributed by atoms with E-state index in [1.165, 1.54) is 6.33 Å². The lowest BCUT2D eigenvalue weighted by molar-refractivity contribution is -0.190. The lowest BCUT2D eigenvalue weighted by Crippen LogP contribution is -2.52. The average molecular weight is 586 g/mol. The number of nitrogens with two attached hydrogens (primary N) is 1. The number of nitrogens with zero attached hydrogens (tertiary/aromatic N) is 4. The van der Waals surface area contributed by atoms with Crippen molar-refractivity contribution < 1.29 is 38.8 Å². The zero-order valence-electron chi connectivity index (χ0n) is 21.5. The minimum Gasteiger partial charge on any atom is -0.479 e. The van der Waals surface area contributed by atoms with E-state index in [1.807, 2.05) is 31.2 Å². The summed E-state index contributed by atoms with van der Waals surface area (Å²) in [6.45, 7) is 1.22. The van der Waals surface area contributed by atoms with Crippen LogP contribution in [0.2, 0.25) is 5.28 Å². The molecule has 0 spiro atoms. The molecule has 0 bridgehead atoms. The topological polar surface area (TPSA) is 183 Å². The van der Waals surface area contributed by atoms with Gasteiger partial charge in [-0.3, -0.25) is 4.57 Å². The van der Waals surface area contributed by atoms with Crippen LogP contribution in [0.4, 0.5) is 10.2 Å². The number of imidazole rings is 1. The molecule has 0 radical (unpaired) electrons. The SMILES string of the molecule is Cc1ccc(-c2ccc(CC(OC[C@H]3O[C@@H](n4cnc5c(N)nc(Cl)nc54)[C@@H](F)[C@@H]3O)(C(=O)O)C(=O)O)cc2)cc1. The Balaban J connectivity index is 1.34. The van der Waals surface area contributed by atoms with E-state index in [2.05, 4.69) is 15.0 Å². The van der Waals surface area contributed by atoms with Crippen molar-refractivity contribution in [1.82, 2.24) is 19.5 Å². The molecule has 1 aliphatic rings. The van der Waals surface area contributed by atoms with E-state index in [9.17, 15) is 24.9 Å². The molecule has 4 atom stereocenters. The Kier molecular flexibility index (Phi) is 7.62. The summed E-state index contributed by atoms with van der Waals surface area (Å²) in [6, 6.07) is 14.5. The summed E-state index contributed by atoms with van der Waals surface area (Å²) in [5.74, 6) is -3.58.